The van der Waals surface area contributed by atoms with Crippen LogP contribution in [0.4, 0.5) is 52.7 Å². The van der Waals surface area contributed by atoms with E-state index in [4.69, 9.17) is 9.47 Å². The molecule has 0 saturated carbocycles. The maximum atomic E-state index is 12.7. The van der Waals surface area contributed by atoms with Crippen molar-refractivity contribution in [3.8, 4) is 11.5 Å². The SMILES string of the molecule is O=C(O)C(Oc1ccc(C(F)(F)F)cc1)c1cccc(C(F)(F)F)c1.O=C([O-])C(Oc1ccc(C(F)(F)F)cc1)c1cccc(C(F)(F)F)c1.[Na+]. The van der Waals surface area contributed by atoms with Gasteiger partial charge in [-0.25, -0.2) is 4.79 Å². The van der Waals surface area contributed by atoms with Crippen LogP contribution in [0.25, 0.3) is 0 Å². The Balaban J connectivity index is 0.000000347. The number of aliphatic carboxylic acids is 2. The van der Waals surface area contributed by atoms with Crippen LogP contribution in [0.5, 0.6) is 11.5 Å². The minimum atomic E-state index is -4.69. The maximum absolute atomic E-state index is 12.7. The Morgan fingerprint density at radius 2 is 0.824 bits per heavy atom. The second kappa shape index (κ2) is 16.7. The van der Waals surface area contributed by atoms with Gasteiger partial charge in [-0.15, -0.1) is 0 Å². The standard InChI is InChI=1S/2C16H10F6O3.Na/c2*17-15(18,19)10-4-6-12(7-5-10)25-13(14(23)24)9-2-1-3-11(8-9)16(20,21)22;/h2*1-8,13H,(H,23,24);/q;;+1/p-1. The summed E-state index contributed by atoms with van der Waals surface area (Å²) >= 11 is 0. The Hall–Kier alpha value is -4.42. The number of rotatable bonds is 8. The first-order valence-corrected chi connectivity index (χ1v) is 13.4. The summed E-state index contributed by atoms with van der Waals surface area (Å²) in [5, 5.41) is 20.4. The van der Waals surface area contributed by atoms with Gasteiger partial charge in [-0.1, -0.05) is 24.3 Å². The fourth-order valence-corrected chi connectivity index (χ4v) is 3.99. The number of halogens is 12. The summed E-state index contributed by atoms with van der Waals surface area (Å²) in [6.07, 6.45) is -22.3. The average Bonchev–Trinajstić information content (AvgIpc) is 3.01. The van der Waals surface area contributed by atoms with E-state index in [0.717, 1.165) is 60.7 Å². The van der Waals surface area contributed by atoms with Crippen LogP contribution in [0, 0.1) is 0 Å². The minimum absolute atomic E-state index is 0. The van der Waals surface area contributed by atoms with E-state index < -0.39 is 71.1 Å². The molecule has 0 spiro atoms. The molecule has 4 rings (SSSR count). The van der Waals surface area contributed by atoms with Crippen molar-refractivity contribution in [2.24, 2.45) is 0 Å². The second-order valence-electron chi connectivity index (χ2n) is 9.94. The number of ether oxygens (including phenoxy) is 2. The quantitative estimate of drug-likeness (QED) is 0.188. The normalized spacial score (nSPS) is 13.1. The molecule has 0 saturated heterocycles. The van der Waals surface area contributed by atoms with Gasteiger partial charge < -0.3 is 24.5 Å². The third kappa shape index (κ3) is 12.4. The molecule has 1 N–H and O–H groups in total. The molecule has 268 valence electrons. The van der Waals surface area contributed by atoms with Gasteiger partial charge in [0.05, 0.1) is 28.2 Å². The van der Waals surface area contributed by atoms with Gasteiger partial charge in [0.15, 0.2) is 6.10 Å². The molecule has 0 aromatic heterocycles. The van der Waals surface area contributed by atoms with E-state index in [0.29, 0.717) is 36.4 Å². The van der Waals surface area contributed by atoms with Crippen LogP contribution in [0.3, 0.4) is 0 Å². The van der Waals surface area contributed by atoms with E-state index in [1.807, 2.05) is 0 Å². The first-order valence-electron chi connectivity index (χ1n) is 13.4. The number of alkyl halides is 12. The van der Waals surface area contributed by atoms with Crippen LogP contribution in [0.15, 0.2) is 97.1 Å². The van der Waals surface area contributed by atoms with Crippen molar-refractivity contribution in [3.05, 3.63) is 130 Å². The monoisotopic (exact) mass is 750 g/mol. The van der Waals surface area contributed by atoms with E-state index in [-0.39, 0.29) is 52.2 Å². The molecule has 2 atom stereocenters. The summed E-state index contributed by atoms with van der Waals surface area (Å²) in [5.74, 6) is -3.91. The van der Waals surface area contributed by atoms with Crippen LogP contribution in [-0.2, 0) is 34.3 Å². The average molecular weight is 750 g/mol. The summed E-state index contributed by atoms with van der Waals surface area (Å²) in [7, 11) is 0. The largest absolute Gasteiger partial charge is 1.00 e. The molecule has 2 unspecified atom stereocenters. The molecular weight excluding hydrogens is 731 g/mol. The molecule has 0 amide bonds. The summed E-state index contributed by atoms with van der Waals surface area (Å²) < 4.78 is 161. The Bertz CT molecular complexity index is 1640. The van der Waals surface area contributed by atoms with Gasteiger partial charge in [0, 0.05) is 5.56 Å². The molecule has 0 aliphatic carbocycles. The van der Waals surface area contributed by atoms with Gasteiger partial charge >= 0.3 is 60.2 Å². The fraction of sp³-hybridized carbons (Fsp3) is 0.188. The molecule has 4 aromatic rings. The molecule has 0 fully saturated rings. The molecule has 4 aromatic carbocycles. The van der Waals surface area contributed by atoms with E-state index in [2.05, 4.69) is 0 Å². The van der Waals surface area contributed by atoms with Crippen molar-refractivity contribution < 1.29 is 112 Å². The minimum Gasteiger partial charge on any atom is -0.546 e. The zero-order valence-corrected chi connectivity index (χ0v) is 27.4. The van der Waals surface area contributed by atoms with Gasteiger partial charge in [0.1, 0.15) is 11.5 Å². The van der Waals surface area contributed by atoms with Crippen molar-refractivity contribution >= 4 is 11.9 Å². The zero-order valence-electron chi connectivity index (χ0n) is 25.4. The molecule has 0 heterocycles. The van der Waals surface area contributed by atoms with E-state index >= 15 is 0 Å². The Morgan fingerprint density at radius 1 is 0.510 bits per heavy atom. The van der Waals surface area contributed by atoms with Gasteiger partial charge in [0.2, 0.25) is 6.10 Å². The summed E-state index contributed by atoms with van der Waals surface area (Å²) in [5.41, 5.74) is -4.74. The van der Waals surface area contributed by atoms with Crippen molar-refractivity contribution in [2.75, 3.05) is 0 Å². The Labute approximate surface area is 301 Å². The number of benzene rings is 4. The third-order valence-electron chi connectivity index (χ3n) is 6.34. The third-order valence-corrected chi connectivity index (χ3v) is 6.34. The topological polar surface area (TPSA) is 95.9 Å². The number of hydrogen-bond acceptors (Lipinski definition) is 5. The number of carbonyl (C=O) groups is 2. The summed E-state index contributed by atoms with van der Waals surface area (Å²) in [6, 6.07) is 13.1. The Kier molecular flexibility index (Phi) is 14.0. The van der Waals surface area contributed by atoms with Crippen LogP contribution in [-0.4, -0.2) is 17.0 Å². The molecule has 51 heavy (non-hydrogen) atoms. The zero-order chi connectivity index (χ0) is 37.7. The van der Waals surface area contributed by atoms with E-state index in [9.17, 15) is 72.5 Å². The number of carboxylic acids is 2. The van der Waals surface area contributed by atoms with Crippen LogP contribution >= 0.6 is 0 Å². The summed E-state index contributed by atoms with van der Waals surface area (Å²) in [6.45, 7) is 0. The Morgan fingerprint density at radius 3 is 1.12 bits per heavy atom. The molecule has 0 radical (unpaired) electrons. The summed E-state index contributed by atoms with van der Waals surface area (Å²) in [4.78, 5) is 22.5. The molecule has 0 aliphatic heterocycles. The van der Waals surface area contributed by atoms with Crippen molar-refractivity contribution in [3.63, 3.8) is 0 Å². The fourth-order valence-electron chi connectivity index (χ4n) is 3.99. The number of carboxylic acid groups (broad SMARTS) is 2. The molecule has 0 aliphatic rings. The van der Waals surface area contributed by atoms with Crippen molar-refractivity contribution in [2.45, 2.75) is 36.9 Å². The first kappa shape index (κ1) is 42.7. The number of hydrogen-bond donors (Lipinski definition) is 1. The van der Waals surface area contributed by atoms with Crippen LogP contribution in [0.2, 0.25) is 0 Å². The molecule has 6 nitrogen and oxygen atoms in total. The molecule has 19 heteroatoms. The maximum Gasteiger partial charge on any atom is 1.00 e. The van der Waals surface area contributed by atoms with E-state index in [1.54, 1.807) is 0 Å². The van der Waals surface area contributed by atoms with Crippen molar-refractivity contribution in [1.82, 2.24) is 0 Å². The van der Waals surface area contributed by atoms with Gasteiger partial charge in [-0.3, -0.25) is 0 Å². The molecular formula is C32H19F12NaO6. The van der Waals surface area contributed by atoms with Gasteiger partial charge in [-0.05, 0) is 78.4 Å². The van der Waals surface area contributed by atoms with Crippen molar-refractivity contribution in [1.29, 1.82) is 0 Å². The molecule has 0 bridgehead atoms. The van der Waals surface area contributed by atoms with Crippen LogP contribution < -0.4 is 44.1 Å². The predicted molar refractivity (Wildman–Crippen MR) is 145 cm³/mol. The van der Waals surface area contributed by atoms with E-state index in [1.165, 1.54) is 0 Å². The first-order chi connectivity index (χ1) is 23.0. The van der Waals surface area contributed by atoms with Gasteiger partial charge in [0.25, 0.3) is 0 Å². The van der Waals surface area contributed by atoms with Crippen LogP contribution in [0.1, 0.15) is 45.6 Å². The van der Waals surface area contributed by atoms with Gasteiger partial charge in [-0.2, -0.15) is 52.7 Å². The predicted octanol–water partition coefficient (Wildman–Crippen LogP) is 5.53. The number of carbonyl (C=O) groups excluding carboxylic acids is 1. The smallest absolute Gasteiger partial charge is 0.546 e. The second-order valence-corrected chi connectivity index (χ2v) is 9.94.